The molecule has 0 spiro atoms. The first-order valence-electron chi connectivity index (χ1n) is 5.97. The van der Waals surface area contributed by atoms with E-state index in [-0.39, 0.29) is 17.7 Å². The van der Waals surface area contributed by atoms with Crippen molar-refractivity contribution >= 4 is 11.9 Å². The number of hydroxylamine groups is 1. The predicted octanol–water partition coefficient (Wildman–Crippen LogP) is 2.25. The molecule has 5 nitrogen and oxygen atoms in total. The maximum atomic E-state index is 11.9. The smallest absolute Gasteiger partial charge is 0.336 e. The second kappa shape index (κ2) is 6.49. The molecular formula is C15H13NO4. The fraction of sp³-hybridized carbons (Fsp3) is 0.0667. The summed E-state index contributed by atoms with van der Waals surface area (Å²) in [7, 11) is 0. The van der Waals surface area contributed by atoms with Crippen LogP contribution in [0.1, 0.15) is 26.3 Å². The van der Waals surface area contributed by atoms with Crippen LogP contribution in [-0.4, -0.2) is 17.0 Å². The molecule has 2 aromatic rings. The zero-order chi connectivity index (χ0) is 14.4. The minimum absolute atomic E-state index is 0.0617. The Morgan fingerprint density at radius 2 is 1.55 bits per heavy atom. The molecule has 0 aliphatic rings. The van der Waals surface area contributed by atoms with Gasteiger partial charge >= 0.3 is 5.97 Å². The number of benzene rings is 2. The van der Waals surface area contributed by atoms with Crippen LogP contribution in [0.4, 0.5) is 0 Å². The van der Waals surface area contributed by atoms with Crippen molar-refractivity contribution in [2.45, 2.75) is 6.61 Å². The lowest BCUT2D eigenvalue weighted by molar-refractivity contribution is 0.0231. The van der Waals surface area contributed by atoms with Crippen molar-refractivity contribution in [2.75, 3.05) is 0 Å². The fourth-order valence-electron chi connectivity index (χ4n) is 1.68. The van der Waals surface area contributed by atoms with Crippen LogP contribution in [0.2, 0.25) is 0 Å². The number of amides is 1. The summed E-state index contributed by atoms with van der Waals surface area (Å²) in [5.41, 5.74) is 3.14. The fourth-order valence-corrected chi connectivity index (χ4v) is 1.68. The predicted molar refractivity (Wildman–Crippen MR) is 72.1 cm³/mol. The van der Waals surface area contributed by atoms with E-state index in [0.717, 1.165) is 5.56 Å². The Hall–Kier alpha value is -2.66. The van der Waals surface area contributed by atoms with Crippen LogP contribution in [-0.2, 0) is 11.4 Å². The van der Waals surface area contributed by atoms with Gasteiger partial charge in [-0.25, -0.2) is 10.3 Å². The summed E-state index contributed by atoms with van der Waals surface area (Å²) in [5.74, 6) is -1.74. The summed E-state index contributed by atoms with van der Waals surface area (Å²) in [6.45, 7) is 0.210. The molecule has 0 bridgehead atoms. The summed E-state index contributed by atoms with van der Waals surface area (Å²) in [6, 6.07) is 15.3. The Morgan fingerprint density at radius 3 is 2.20 bits per heavy atom. The summed E-state index contributed by atoms with van der Waals surface area (Å²) in [6.07, 6.45) is 0. The first-order valence-corrected chi connectivity index (χ1v) is 5.97. The van der Waals surface area contributed by atoms with E-state index in [9.17, 15) is 9.59 Å². The van der Waals surface area contributed by atoms with Gasteiger partial charge in [0, 0.05) is 0 Å². The second-order valence-corrected chi connectivity index (χ2v) is 4.06. The molecule has 5 heteroatoms. The summed E-state index contributed by atoms with van der Waals surface area (Å²) in [4.78, 5) is 27.9. The summed E-state index contributed by atoms with van der Waals surface area (Å²) < 4.78 is 0. The maximum Gasteiger partial charge on any atom is 0.336 e. The van der Waals surface area contributed by atoms with Gasteiger partial charge in [-0.15, -0.1) is 0 Å². The third kappa shape index (κ3) is 3.43. The number of rotatable bonds is 5. The number of nitrogens with one attached hydrogen (secondary N) is 1. The van der Waals surface area contributed by atoms with E-state index >= 15 is 0 Å². The van der Waals surface area contributed by atoms with Crippen molar-refractivity contribution < 1.29 is 19.5 Å². The third-order valence-electron chi connectivity index (χ3n) is 2.65. The first-order chi connectivity index (χ1) is 9.68. The zero-order valence-corrected chi connectivity index (χ0v) is 10.6. The van der Waals surface area contributed by atoms with Gasteiger partial charge in [-0.1, -0.05) is 42.5 Å². The number of hydrogen-bond donors (Lipinski definition) is 2. The molecule has 2 aromatic carbocycles. The first kappa shape index (κ1) is 13.8. The number of aromatic carboxylic acids is 1. The van der Waals surface area contributed by atoms with Gasteiger partial charge in [-0.2, -0.15) is 0 Å². The molecule has 2 N–H and O–H groups in total. The van der Waals surface area contributed by atoms with Gasteiger partial charge in [-0.3, -0.25) is 9.63 Å². The highest BCUT2D eigenvalue weighted by atomic mass is 16.6. The number of carboxylic acids is 1. The second-order valence-electron chi connectivity index (χ2n) is 4.06. The van der Waals surface area contributed by atoms with Crippen molar-refractivity contribution in [3.8, 4) is 0 Å². The average molecular weight is 271 g/mol. The van der Waals surface area contributed by atoms with Gasteiger partial charge in [0.1, 0.15) is 0 Å². The number of carboxylic acid groups (broad SMARTS) is 1. The van der Waals surface area contributed by atoms with Crippen molar-refractivity contribution in [1.29, 1.82) is 0 Å². The molecule has 0 saturated heterocycles. The molecule has 0 atom stereocenters. The SMILES string of the molecule is O=C(O)c1ccccc1C(=O)NOCc1ccccc1. The molecular weight excluding hydrogens is 258 g/mol. The summed E-state index contributed by atoms with van der Waals surface area (Å²) in [5, 5.41) is 9.00. The molecule has 20 heavy (non-hydrogen) atoms. The Morgan fingerprint density at radius 1 is 0.950 bits per heavy atom. The quantitative estimate of drug-likeness (QED) is 0.818. The normalized spacial score (nSPS) is 10.0. The topological polar surface area (TPSA) is 75.6 Å². The van der Waals surface area contributed by atoms with Gasteiger partial charge in [-0.05, 0) is 17.7 Å². The van der Waals surface area contributed by atoms with E-state index in [1.807, 2.05) is 30.3 Å². The monoisotopic (exact) mass is 271 g/mol. The Bertz CT molecular complexity index is 610. The Balaban J connectivity index is 1.97. The minimum atomic E-state index is -1.15. The summed E-state index contributed by atoms with van der Waals surface area (Å²) >= 11 is 0. The molecule has 0 aliphatic heterocycles. The van der Waals surface area contributed by atoms with Gasteiger partial charge in [0.15, 0.2) is 0 Å². The highest BCUT2D eigenvalue weighted by Gasteiger charge is 2.15. The molecule has 0 fully saturated rings. The van der Waals surface area contributed by atoms with E-state index in [0.29, 0.717) is 0 Å². The van der Waals surface area contributed by atoms with Gasteiger partial charge < -0.3 is 5.11 Å². The third-order valence-corrected chi connectivity index (χ3v) is 2.65. The van der Waals surface area contributed by atoms with Crippen LogP contribution in [0, 0.1) is 0 Å². The van der Waals surface area contributed by atoms with Crippen LogP contribution in [0.15, 0.2) is 54.6 Å². The molecule has 0 aromatic heterocycles. The van der Waals surface area contributed by atoms with E-state index < -0.39 is 11.9 Å². The number of carbonyl (C=O) groups is 2. The molecule has 0 aliphatic carbocycles. The van der Waals surface area contributed by atoms with E-state index in [4.69, 9.17) is 9.94 Å². The molecule has 1 amide bonds. The van der Waals surface area contributed by atoms with Crippen LogP contribution in [0.3, 0.4) is 0 Å². The number of hydrogen-bond acceptors (Lipinski definition) is 3. The van der Waals surface area contributed by atoms with Crippen LogP contribution in [0.25, 0.3) is 0 Å². The van der Waals surface area contributed by atoms with E-state index in [2.05, 4.69) is 5.48 Å². The average Bonchev–Trinajstić information content (AvgIpc) is 2.48. The van der Waals surface area contributed by atoms with Gasteiger partial charge in [0.2, 0.25) is 0 Å². The molecule has 0 unspecified atom stereocenters. The van der Waals surface area contributed by atoms with Gasteiger partial charge in [0.05, 0.1) is 17.7 Å². The highest BCUT2D eigenvalue weighted by Crippen LogP contribution is 2.09. The largest absolute Gasteiger partial charge is 0.478 e. The minimum Gasteiger partial charge on any atom is -0.478 e. The molecule has 0 saturated carbocycles. The maximum absolute atomic E-state index is 11.9. The molecule has 102 valence electrons. The standard InChI is InChI=1S/C15H13NO4/c17-14(12-8-4-5-9-13(12)15(18)19)16-20-10-11-6-2-1-3-7-11/h1-9H,10H2,(H,16,17)(H,18,19). The van der Waals surface area contributed by atoms with Crippen molar-refractivity contribution in [3.05, 3.63) is 71.3 Å². The molecule has 0 heterocycles. The molecule has 0 radical (unpaired) electrons. The van der Waals surface area contributed by atoms with Gasteiger partial charge in [0.25, 0.3) is 5.91 Å². The van der Waals surface area contributed by atoms with E-state index in [1.165, 1.54) is 12.1 Å². The van der Waals surface area contributed by atoms with Crippen molar-refractivity contribution in [1.82, 2.24) is 5.48 Å². The van der Waals surface area contributed by atoms with Crippen molar-refractivity contribution in [3.63, 3.8) is 0 Å². The molecule has 2 rings (SSSR count). The lowest BCUT2D eigenvalue weighted by Gasteiger charge is -2.08. The Labute approximate surface area is 115 Å². The zero-order valence-electron chi connectivity index (χ0n) is 10.6. The lowest BCUT2D eigenvalue weighted by atomic mass is 10.1. The van der Waals surface area contributed by atoms with Crippen LogP contribution in [0.5, 0.6) is 0 Å². The van der Waals surface area contributed by atoms with E-state index in [1.54, 1.807) is 12.1 Å². The lowest BCUT2D eigenvalue weighted by Crippen LogP contribution is -2.25. The highest BCUT2D eigenvalue weighted by molar-refractivity contribution is 6.04. The van der Waals surface area contributed by atoms with Crippen LogP contribution < -0.4 is 5.48 Å². The number of carbonyl (C=O) groups excluding carboxylic acids is 1. The Kier molecular flexibility index (Phi) is 4.47. The van der Waals surface area contributed by atoms with Crippen LogP contribution >= 0.6 is 0 Å². The van der Waals surface area contributed by atoms with Crippen molar-refractivity contribution in [2.24, 2.45) is 0 Å².